The first-order valence-corrected chi connectivity index (χ1v) is 5.16. The topological polar surface area (TPSA) is 86.2 Å². The summed E-state index contributed by atoms with van der Waals surface area (Å²) >= 11 is 0. The van der Waals surface area contributed by atoms with Crippen molar-refractivity contribution < 1.29 is 10.2 Å². The molecule has 0 spiro atoms. The largest absolute Gasteiger partial charge is 0.499 e. The van der Waals surface area contributed by atoms with Gasteiger partial charge in [0.15, 0.2) is 0 Å². The molecule has 0 saturated carbocycles. The van der Waals surface area contributed by atoms with Crippen LogP contribution in [-0.2, 0) is 6.42 Å². The molecule has 0 radical (unpaired) electrons. The molecule has 0 aliphatic carbocycles. The summed E-state index contributed by atoms with van der Waals surface area (Å²) in [5, 5.41) is 18.1. The van der Waals surface area contributed by atoms with Crippen molar-refractivity contribution in [2.75, 3.05) is 0 Å². The molecule has 0 aliphatic heterocycles. The monoisotopic (exact) mass is 212 g/mol. The third-order valence-corrected chi connectivity index (χ3v) is 2.19. The zero-order valence-electron chi connectivity index (χ0n) is 8.79. The second kappa shape index (κ2) is 5.38. The summed E-state index contributed by atoms with van der Waals surface area (Å²) in [7, 11) is 0. The van der Waals surface area contributed by atoms with Gasteiger partial charge < -0.3 is 15.2 Å². The van der Waals surface area contributed by atoms with Gasteiger partial charge in [0.1, 0.15) is 5.82 Å². The molecule has 0 aliphatic rings. The van der Waals surface area contributed by atoms with E-state index >= 15 is 0 Å². The normalized spacial score (nSPS) is 10.5. The molecule has 84 valence electrons. The number of aryl methyl sites for hydroxylation is 1. The second-order valence-corrected chi connectivity index (χ2v) is 3.50. The van der Waals surface area contributed by atoms with Crippen LogP contribution in [0.3, 0.4) is 0 Å². The highest BCUT2D eigenvalue weighted by Gasteiger charge is 2.07. The van der Waals surface area contributed by atoms with E-state index in [9.17, 15) is 4.79 Å². The number of unbranched alkanes of at least 4 members (excludes halogenated alkanes) is 3. The van der Waals surface area contributed by atoms with Crippen molar-refractivity contribution in [2.24, 2.45) is 0 Å². The highest BCUT2D eigenvalue weighted by Crippen LogP contribution is 2.15. The smallest absolute Gasteiger partial charge is 0.297 e. The van der Waals surface area contributed by atoms with Crippen molar-refractivity contribution in [2.45, 2.75) is 39.0 Å². The van der Waals surface area contributed by atoms with Gasteiger partial charge in [0.2, 0.25) is 5.75 Å². The maximum atomic E-state index is 11.0. The average molecular weight is 212 g/mol. The highest BCUT2D eigenvalue weighted by atomic mass is 16.3. The van der Waals surface area contributed by atoms with Gasteiger partial charge in [0, 0.05) is 6.42 Å². The lowest BCUT2D eigenvalue weighted by atomic mass is 10.1. The number of H-pyrrole nitrogens is 1. The number of hydrogen-bond donors (Lipinski definition) is 3. The Hall–Kier alpha value is -1.52. The number of aromatic amines is 1. The Morgan fingerprint density at radius 2 is 2.00 bits per heavy atom. The Morgan fingerprint density at radius 1 is 1.27 bits per heavy atom. The first-order valence-electron chi connectivity index (χ1n) is 5.16. The van der Waals surface area contributed by atoms with Gasteiger partial charge in [0.05, 0.1) is 0 Å². The van der Waals surface area contributed by atoms with Crippen molar-refractivity contribution in [1.82, 2.24) is 9.97 Å². The van der Waals surface area contributed by atoms with Crippen molar-refractivity contribution in [1.29, 1.82) is 0 Å². The minimum atomic E-state index is -0.715. The molecule has 0 unspecified atom stereocenters. The van der Waals surface area contributed by atoms with E-state index in [1.165, 1.54) is 0 Å². The molecule has 15 heavy (non-hydrogen) atoms. The predicted octanol–water partition coefficient (Wildman–Crippen LogP) is 1.30. The number of rotatable bonds is 5. The molecule has 0 bridgehead atoms. The standard InChI is InChI=1S/C10H16N2O3/c1-2-3-4-5-6-7-11-9(14)8(13)10(15)12-7/h13H,2-6H2,1H3,(H2,11,12,14,15). The first kappa shape index (κ1) is 11.6. The average Bonchev–Trinajstić information content (AvgIpc) is 2.21. The van der Waals surface area contributed by atoms with Crippen molar-refractivity contribution in [3.05, 3.63) is 16.2 Å². The van der Waals surface area contributed by atoms with Crippen molar-refractivity contribution in [3.63, 3.8) is 0 Å². The van der Waals surface area contributed by atoms with Gasteiger partial charge in [-0.1, -0.05) is 26.2 Å². The minimum Gasteiger partial charge on any atom is -0.499 e. The van der Waals surface area contributed by atoms with E-state index in [1.807, 2.05) is 0 Å². The zero-order valence-corrected chi connectivity index (χ0v) is 8.79. The number of aromatic hydroxyl groups is 2. The number of hydrogen-bond acceptors (Lipinski definition) is 4. The molecule has 5 heteroatoms. The number of aromatic nitrogens is 2. The van der Waals surface area contributed by atoms with E-state index < -0.39 is 17.2 Å². The summed E-state index contributed by atoms with van der Waals surface area (Å²) < 4.78 is 0. The summed E-state index contributed by atoms with van der Waals surface area (Å²) in [6, 6.07) is 0. The summed E-state index contributed by atoms with van der Waals surface area (Å²) in [4.78, 5) is 17.1. The molecule has 1 rings (SSSR count). The van der Waals surface area contributed by atoms with Gasteiger partial charge in [0.25, 0.3) is 11.4 Å². The fourth-order valence-corrected chi connectivity index (χ4v) is 1.34. The van der Waals surface area contributed by atoms with E-state index in [2.05, 4.69) is 16.9 Å². The first-order chi connectivity index (χ1) is 7.15. The van der Waals surface area contributed by atoms with Gasteiger partial charge in [-0.25, -0.2) is 0 Å². The van der Waals surface area contributed by atoms with Crippen LogP contribution in [0.2, 0.25) is 0 Å². The van der Waals surface area contributed by atoms with Crippen LogP contribution in [0, 0.1) is 0 Å². The fourth-order valence-electron chi connectivity index (χ4n) is 1.34. The molecule has 5 nitrogen and oxygen atoms in total. The van der Waals surface area contributed by atoms with Crippen LogP contribution < -0.4 is 5.56 Å². The summed E-state index contributed by atoms with van der Waals surface area (Å²) in [6.07, 6.45) is 4.89. The number of nitrogens with zero attached hydrogens (tertiary/aromatic N) is 1. The molecule has 0 amide bonds. The molecule has 1 aromatic rings. The lowest BCUT2D eigenvalue weighted by molar-refractivity contribution is 0.378. The Bertz CT molecular complexity index is 373. The summed E-state index contributed by atoms with van der Waals surface area (Å²) in [5.41, 5.74) is -0.687. The van der Waals surface area contributed by atoms with Crippen LogP contribution in [0.4, 0.5) is 0 Å². The van der Waals surface area contributed by atoms with E-state index in [-0.39, 0.29) is 0 Å². The molecule has 0 atom stereocenters. The fraction of sp³-hybridized carbons (Fsp3) is 0.600. The zero-order chi connectivity index (χ0) is 11.3. The predicted molar refractivity (Wildman–Crippen MR) is 56.0 cm³/mol. The van der Waals surface area contributed by atoms with Gasteiger partial charge >= 0.3 is 0 Å². The third kappa shape index (κ3) is 3.27. The highest BCUT2D eigenvalue weighted by molar-refractivity contribution is 5.27. The molecular weight excluding hydrogens is 196 g/mol. The Balaban J connectivity index is 2.59. The molecule has 1 aromatic heterocycles. The van der Waals surface area contributed by atoms with Crippen LogP contribution in [0.1, 0.15) is 38.4 Å². The maximum Gasteiger partial charge on any atom is 0.297 e. The SMILES string of the molecule is CCCCCCc1nc(O)c(O)c(=O)[nH]1. The van der Waals surface area contributed by atoms with Gasteiger partial charge in [-0.15, -0.1) is 0 Å². The summed E-state index contributed by atoms with van der Waals surface area (Å²) in [5.74, 6) is -0.886. The van der Waals surface area contributed by atoms with E-state index in [1.54, 1.807) is 0 Å². The molecular formula is C10H16N2O3. The molecule has 3 N–H and O–H groups in total. The molecule has 1 heterocycles. The van der Waals surface area contributed by atoms with Crippen LogP contribution in [0.5, 0.6) is 11.6 Å². The van der Waals surface area contributed by atoms with Crippen LogP contribution in [0.25, 0.3) is 0 Å². The third-order valence-electron chi connectivity index (χ3n) is 2.19. The van der Waals surface area contributed by atoms with Gasteiger partial charge in [-0.05, 0) is 6.42 Å². The number of nitrogens with one attached hydrogen (secondary N) is 1. The van der Waals surface area contributed by atoms with Gasteiger partial charge in [-0.3, -0.25) is 4.79 Å². The van der Waals surface area contributed by atoms with Gasteiger partial charge in [-0.2, -0.15) is 4.98 Å². The molecule has 0 aromatic carbocycles. The quantitative estimate of drug-likeness (QED) is 0.642. The Labute approximate surface area is 87.8 Å². The van der Waals surface area contributed by atoms with Crippen molar-refractivity contribution in [3.8, 4) is 11.6 Å². The van der Waals surface area contributed by atoms with E-state index in [0.29, 0.717) is 12.2 Å². The van der Waals surface area contributed by atoms with E-state index in [4.69, 9.17) is 10.2 Å². The van der Waals surface area contributed by atoms with Crippen LogP contribution in [-0.4, -0.2) is 20.2 Å². The summed E-state index contributed by atoms with van der Waals surface area (Å²) in [6.45, 7) is 2.12. The lowest BCUT2D eigenvalue weighted by Crippen LogP contribution is -2.10. The Morgan fingerprint density at radius 3 is 2.60 bits per heavy atom. The van der Waals surface area contributed by atoms with Crippen LogP contribution in [0.15, 0.2) is 4.79 Å². The van der Waals surface area contributed by atoms with Crippen molar-refractivity contribution >= 4 is 0 Å². The molecule has 0 saturated heterocycles. The Kier molecular flexibility index (Phi) is 4.15. The minimum absolute atomic E-state index is 0.423. The second-order valence-electron chi connectivity index (χ2n) is 3.50. The van der Waals surface area contributed by atoms with E-state index in [0.717, 1.165) is 25.7 Å². The maximum absolute atomic E-state index is 11.0. The molecule has 0 fully saturated rings. The van der Waals surface area contributed by atoms with Crippen LogP contribution >= 0.6 is 0 Å². The lowest BCUT2D eigenvalue weighted by Gasteiger charge is -2.01.